The van der Waals surface area contributed by atoms with Gasteiger partial charge in [0.1, 0.15) is 17.9 Å². The molecule has 1 N–H and O–H groups in total. The number of carbonyl (C=O) groups excluding carboxylic acids is 1. The number of anilines is 1. The van der Waals surface area contributed by atoms with E-state index in [0.717, 1.165) is 18.0 Å². The number of pyridine rings is 1. The molecular weight excluding hydrogens is 306 g/mol. The van der Waals surface area contributed by atoms with Crippen LogP contribution in [0.3, 0.4) is 0 Å². The molecule has 3 rings (SSSR count). The average Bonchev–Trinajstić information content (AvgIpc) is 3.23. The number of ether oxygens (including phenoxy) is 1. The van der Waals surface area contributed by atoms with E-state index in [0.29, 0.717) is 24.3 Å². The Labute approximate surface area is 140 Å². The van der Waals surface area contributed by atoms with E-state index in [1.807, 2.05) is 37.2 Å². The third kappa shape index (κ3) is 3.18. The molecule has 0 saturated carbocycles. The van der Waals surface area contributed by atoms with Crippen molar-refractivity contribution >= 4 is 11.7 Å². The molecule has 7 nitrogen and oxygen atoms in total. The molecule has 1 amide bonds. The van der Waals surface area contributed by atoms with Gasteiger partial charge >= 0.3 is 0 Å². The van der Waals surface area contributed by atoms with Crippen molar-refractivity contribution in [3.05, 3.63) is 41.9 Å². The van der Waals surface area contributed by atoms with Crippen LogP contribution in [-0.2, 0) is 0 Å². The minimum atomic E-state index is -0.0853. The zero-order valence-corrected chi connectivity index (χ0v) is 13.7. The quantitative estimate of drug-likeness (QED) is 0.923. The van der Waals surface area contributed by atoms with Gasteiger partial charge in [-0.2, -0.15) is 5.26 Å². The highest BCUT2D eigenvalue weighted by Crippen LogP contribution is 2.27. The lowest BCUT2D eigenvalue weighted by atomic mass is 10.3. The molecule has 124 valence electrons. The van der Waals surface area contributed by atoms with Crippen molar-refractivity contribution in [1.29, 1.82) is 5.26 Å². The Kier molecular flexibility index (Phi) is 4.38. The van der Waals surface area contributed by atoms with Crippen molar-refractivity contribution in [3.8, 4) is 11.8 Å². The predicted molar refractivity (Wildman–Crippen MR) is 89.0 cm³/mol. The topological polar surface area (TPSA) is 85.2 Å². The van der Waals surface area contributed by atoms with Crippen LogP contribution in [-0.4, -0.2) is 54.1 Å². The first-order chi connectivity index (χ1) is 11.6. The van der Waals surface area contributed by atoms with Crippen LogP contribution in [0.25, 0.3) is 0 Å². The van der Waals surface area contributed by atoms with Crippen molar-refractivity contribution in [2.45, 2.75) is 12.5 Å². The molecule has 1 aliphatic heterocycles. The minimum Gasteiger partial charge on any atom is -0.485 e. The molecule has 1 atom stereocenters. The monoisotopic (exact) mass is 325 g/mol. The van der Waals surface area contributed by atoms with Crippen LogP contribution in [0.1, 0.15) is 22.5 Å². The highest BCUT2D eigenvalue weighted by Gasteiger charge is 2.29. The van der Waals surface area contributed by atoms with Crippen LogP contribution in [0.2, 0.25) is 0 Å². The fourth-order valence-corrected chi connectivity index (χ4v) is 2.76. The normalized spacial score (nSPS) is 16.7. The van der Waals surface area contributed by atoms with Gasteiger partial charge in [0.15, 0.2) is 11.6 Å². The van der Waals surface area contributed by atoms with Crippen LogP contribution in [0.5, 0.6) is 5.75 Å². The Hall–Kier alpha value is -3.01. The molecule has 3 heterocycles. The van der Waals surface area contributed by atoms with E-state index >= 15 is 0 Å². The molecular formula is C17H19N5O2. The number of aromatic amines is 1. The Balaban J connectivity index is 1.66. The van der Waals surface area contributed by atoms with E-state index in [1.165, 1.54) is 0 Å². The molecule has 1 aliphatic rings. The van der Waals surface area contributed by atoms with Gasteiger partial charge in [-0.25, -0.2) is 4.98 Å². The summed E-state index contributed by atoms with van der Waals surface area (Å²) in [4.78, 5) is 23.2. The third-order valence-electron chi connectivity index (χ3n) is 3.95. The number of hydrogen-bond donors (Lipinski definition) is 1. The zero-order valence-electron chi connectivity index (χ0n) is 13.7. The summed E-state index contributed by atoms with van der Waals surface area (Å²) in [5.74, 6) is 1.40. The number of nitrogens with zero attached hydrogens (tertiary/aromatic N) is 4. The molecule has 1 fully saturated rings. The average molecular weight is 325 g/mol. The SMILES string of the molecule is CN(C)c1ncccc1OC1CCN(C(=O)c2c[nH]c(C#N)c2)C1. The number of carbonyl (C=O) groups is 1. The molecule has 1 unspecified atom stereocenters. The van der Waals surface area contributed by atoms with Crippen molar-refractivity contribution < 1.29 is 9.53 Å². The van der Waals surface area contributed by atoms with E-state index in [-0.39, 0.29) is 12.0 Å². The Morgan fingerprint density at radius 3 is 3.08 bits per heavy atom. The molecule has 2 aromatic rings. The van der Waals surface area contributed by atoms with Crippen molar-refractivity contribution in [2.24, 2.45) is 0 Å². The van der Waals surface area contributed by atoms with Crippen molar-refractivity contribution in [2.75, 3.05) is 32.1 Å². The molecule has 2 aromatic heterocycles. The third-order valence-corrected chi connectivity index (χ3v) is 3.95. The lowest BCUT2D eigenvalue weighted by Gasteiger charge is -2.20. The molecule has 24 heavy (non-hydrogen) atoms. The second-order valence-electron chi connectivity index (χ2n) is 5.91. The maximum atomic E-state index is 12.5. The van der Waals surface area contributed by atoms with E-state index in [9.17, 15) is 4.79 Å². The van der Waals surface area contributed by atoms with Gasteiger partial charge in [0.25, 0.3) is 5.91 Å². The molecule has 0 bridgehead atoms. The lowest BCUT2D eigenvalue weighted by Crippen LogP contribution is -2.30. The van der Waals surface area contributed by atoms with Gasteiger partial charge in [-0.05, 0) is 18.2 Å². The van der Waals surface area contributed by atoms with Crippen LogP contribution in [0.15, 0.2) is 30.6 Å². The van der Waals surface area contributed by atoms with Crippen molar-refractivity contribution in [1.82, 2.24) is 14.9 Å². The number of hydrogen-bond acceptors (Lipinski definition) is 5. The lowest BCUT2D eigenvalue weighted by molar-refractivity contribution is 0.0772. The highest BCUT2D eigenvalue weighted by atomic mass is 16.5. The number of amides is 1. The Morgan fingerprint density at radius 2 is 2.38 bits per heavy atom. The number of nitriles is 1. The van der Waals surface area contributed by atoms with Crippen LogP contribution in [0, 0.1) is 11.3 Å². The molecule has 0 aromatic carbocycles. The van der Waals surface area contributed by atoms with Gasteiger partial charge in [-0.3, -0.25) is 4.79 Å². The van der Waals surface area contributed by atoms with Gasteiger partial charge in [-0.15, -0.1) is 0 Å². The molecule has 7 heteroatoms. The summed E-state index contributed by atoms with van der Waals surface area (Å²) in [7, 11) is 3.83. The first-order valence-electron chi connectivity index (χ1n) is 7.75. The van der Waals surface area contributed by atoms with Crippen LogP contribution in [0.4, 0.5) is 5.82 Å². The van der Waals surface area contributed by atoms with Gasteiger partial charge in [0.2, 0.25) is 0 Å². The summed E-state index contributed by atoms with van der Waals surface area (Å²) in [6.07, 6.45) is 4.00. The van der Waals surface area contributed by atoms with E-state index in [2.05, 4.69) is 9.97 Å². The Bertz CT molecular complexity index is 777. The standard InChI is InChI=1S/C17H19N5O2/c1-21(2)16-15(4-3-6-19-16)24-14-5-7-22(11-14)17(23)12-8-13(9-18)20-10-12/h3-4,6,8,10,14,20H,5,7,11H2,1-2H3. The summed E-state index contributed by atoms with van der Waals surface area (Å²) in [6, 6.07) is 7.28. The summed E-state index contributed by atoms with van der Waals surface area (Å²) < 4.78 is 6.05. The van der Waals surface area contributed by atoms with E-state index in [1.54, 1.807) is 23.4 Å². The summed E-state index contributed by atoms with van der Waals surface area (Å²) in [6.45, 7) is 1.15. The van der Waals surface area contributed by atoms with Gasteiger partial charge in [0, 0.05) is 39.5 Å². The number of aromatic nitrogens is 2. The summed E-state index contributed by atoms with van der Waals surface area (Å²) in [5.41, 5.74) is 0.888. The van der Waals surface area contributed by atoms with Gasteiger partial charge in [0.05, 0.1) is 12.1 Å². The van der Waals surface area contributed by atoms with E-state index < -0.39 is 0 Å². The highest BCUT2D eigenvalue weighted by molar-refractivity contribution is 5.94. The minimum absolute atomic E-state index is 0.0637. The molecule has 0 spiro atoms. The van der Waals surface area contributed by atoms with Gasteiger partial charge < -0.3 is 19.5 Å². The number of H-pyrrole nitrogens is 1. The van der Waals surface area contributed by atoms with Crippen molar-refractivity contribution in [3.63, 3.8) is 0 Å². The number of nitrogens with one attached hydrogen (secondary N) is 1. The summed E-state index contributed by atoms with van der Waals surface area (Å²) in [5, 5.41) is 8.84. The zero-order chi connectivity index (χ0) is 17.1. The summed E-state index contributed by atoms with van der Waals surface area (Å²) >= 11 is 0. The van der Waals surface area contributed by atoms with Crippen LogP contribution >= 0.6 is 0 Å². The maximum absolute atomic E-state index is 12.5. The first-order valence-corrected chi connectivity index (χ1v) is 7.75. The largest absolute Gasteiger partial charge is 0.485 e. The molecule has 0 aliphatic carbocycles. The fraction of sp³-hybridized carbons (Fsp3) is 0.353. The predicted octanol–water partition coefficient (Wildman–Crippen LogP) is 1.64. The second kappa shape index (κ2) is 6.62. The maximum Gasteiger partial charge on any atom is 0.255 e. The smallest absolute Gasteiger partial charge is 0.255 e. The second-order valence-corrected chi connectivity index (χ2v) is 5.91. The fourth-order valence-electron chi connectivity index (χ4n) is 2.76. The number of likely N-dealkylation sites (tertiary alicyclic amines) is 1. The first kappa shape index (κ1) is 15.9. The Morgan fingerprint density at radius 1 is 1.54 bits per heavy atom. The number of rotatable bonds is 4. The van der Waals surface area contributed by atoms with E-state index in [4.69, 9.17) is 10.00 Å². The van der Waals surface area contributed by atoms with Crippen LogP contribution < -0.4 is 9.64 Å². The molecule has 0 radical (unpaired) electrons. The van der Waals surface area contributed by atoms with Gasteiger partial charge in [-0.1, -0.05) is 0 Å². The molecule has 1 saturated heterocycles.